The molecule has 0 spiro atoms. The zero-order valence-corrected chi connectivity index (χ0v) is 18.7. The van der Waals surface area contributed by atoms with Gasteiger partial charge in [-0.2, -0.15) is 0 Å². The number of esters is 1. The quantitative estimate of drug-likeness (QED) is 0.194. The van der Waals surface area contributed by atoms with Crippen molar-refractivity contribution in [3.05, 3.63) is 12.2 Å². The largest absolute Gasteiger partial charge is 0.466 e. The minimum Gasteiger partial charge on any atom is -0.466 e. The molecule has 0 aliphatic heterocycles. The van der Waals surface area contributed by atoms with Crippen molar-refractivity contribution in [1.82, 2.24) is 0 Å². The molecule has 2 aliphatic carbocycles. The van der Waals surface area contributed by atoms with E-state index < -0.39 is 5.41 Å². The molecule has 1 saturated carbocycles. The van der Waals surface area contributed by atoms with Gasteiger partial charge in [0.25, 0.3) is 0 Å². The van der Waals surface area contributed by atoms with Crippen LogP contribution in [0.1, 0.15) is 79.1 Å². The summed E-state index contributed by atoms with van der Waals surface area (Å²) in [5, 5.41) is 0. The van der Waals surface area contributed by atoms with E-state index in [1.54, 1.807) is 7.11 Å². The van der Waals surface area contributed by atoms with Gasteiger partial charge in [0.15, 0.2) is 0 Å². The van der Waals surface area contributed by atoms with Crippen LogP contribution in [0.5, 0.6) is 0 Å². The topological polar surface area (TPSA) is 44.8 Å². The second-order valence-electron chi connectivity index (χ2n) is 8.97. The SMILES string of the molecule is CCCCCC[C@@H](C)[C@@H]1C=C[C@H]2[C@@H](CCC[C@H]2OCOC)[C@]1(C)C(=O)OCC. The summed E-state index contributed by atoms with van der Waals surface area (Å²) in [6.07, 6.45) is 14.2. The van der Waals surface area contributed by atoms with Crippen molar-refractivity contribution in [1.29, 1.82) is 0 Å². The monoisotopic (exact) mass is 394 g/mol. The van der Waals surface area contributed by atoms with Gasteiger partial charge in [-0.3, -0.25) is 4.79 Å². The third kappa shape index (κ3) is 5.18. The van der Waals surface area contributed by atoms with Gasteiger partial charge in [0.2, 0.25) is 0 Å². The van der Waals surface area contributed by atoms with Crippen LogP contribution in [0.4, 0.5) is 0 Å². The Bertz CT molecular complexity index is 503. The number of allylic oxidation sites excluding steroid dienone is 1. The van der Waals surface area contributed by atoms with E-state index in [0.717, 1.165) is 19.3 Å². The van der Waals surface area contributed by atoms with Gasteiger partial charge in [-0.05, 0) is 44.4 Å². The lowest BCUT2D eigenvalue weighted by Crippen LogP contribution is -2.53. The average Bonchev–Trinajstić information content (AvgIpc) is 2.70. The molecule has 6 atom stereocenters. The molecule has 0 radical (unpaired) electrons. The molecule has 0 aromatic rings. The number of unbranched alkanes of at least 4 members (excludes halogenated alkanes) is 3. The number of methoxy groups -OCH3 is 1. The highest BCUT2D eigenvalue weighted by molar-refractivity contribution is 5.78. The second-order valence-corrected chi connectivity index (χ2v) is 8.97. The zero-order chi connectivity index (χ0) is 20.6. The Labute approximate surface area is 172 Å². The molecule has 0 amide bonds. The highest BCUT2D eigenvalue weighted by atomic mass is 16.7. The lowest BCUT2D eigenvalue weighted by molar-refractivity contribution is -0.172. The normalized spacial score (nSPS) is 33.3. The van der Waals surface area contributed by atoms with Crippen LogP contribution in [0, 0.1) is 29.1 Å². The molecule has 4 nitrogen and oxygen atoms in total. The van der Waals surface area contributed by atoms with Gasteiger partial charge in [-0.15, -0.1) is 0 Å². The van der Waals surface area contributed by atoms with Crippen LogP contribution in [-0.2, 0) is 19.0 Å². The minimum atomic E-state index is -0.477. The summed E-state index contributed by atoms with van der Waals surface area (Å²) in [4.78, 5) is 13.3. The standard InChI is InChI=1S/C24H42O4/c1-6-8-9-10-12-18(3)20-16-15-19-21(24(20,4)23(25)27-7-2)13-11-14-22(19)28-17-26-5/h15-16,18-22H,6-14,17H2,1-5H3/t18-,19+,20+,21-,22-,24-/m1/s1. The number of carbonyl (C=O) groups is 1. The fourth-order valence-corrected chi connectivity index (χ4v) is 5.61. The fourth-order valence-electron chi connectivity index (χ4n) is 5.61. The van der Waals surface area contributed by atoms with Crippen molar-refractivity contribution in [2.45, 2.75) is 85.2 Å². The Morgan fingerprint density at radius 3 is 2.64 bits per heavy atom. The number of carbonyl (C=O) groups excluding carboxylic acids is 1. The number of ether oxygens (including phenoxy) is 3. The van der Waals surface area contributed by atoms with E-state index in [1.165, 1.54) is 32.1 Å². The van der Waals surface area contributed by atoms with Crippen molar-refractivity contribution >= 4 is 5.97 Å². The van der Waals surface area contributed by atoms with E-state index in [9.17, 15) is 4.79 Å². The zero-order valence-electron chi connectivity index (χ0n) is 18.7. The van der Waals surface area contributed by atoms with Gasteiger partial charge in [-0.1, -0.05) is 64.5 Å². The van der Waals surface area contributed by atoms with Crippen LogP contribution in [0.15, 0.2) is 12.2 Å². The van der Waals surface area contributed by atoms with Crippen molar-refractivity contribution < 1.29 is 19.0 Å². The van der Waals surface area contributed by atoms with E-state index >= 15 is 0 Å². The molecular formula is C24H42O4. The maximum absolute atomic E-state index is 13.3. The Balaban J connectivity index is 2.24. The fraction of sp³-hybridized carbons (Fsp3) is 0.875. The second kappa shape index (κ2) is 11.3. The van der Waals surface area contributed by atoms with Crippen LogP contribution in [-0.4, -0.2) is 32.6 Å². The lowest BCUT2D eigenvalue weighted by Gasteiger charge is -2.52. The molecule has 162 valence electrons. The Morgan fingerprint density at radius 1 is 1.18 bits per heavy atom. The van der Waals surface area contributed by atoms with Gasteiger partial charge in [-0.25, -0.2) is 0 Å². The first-order chi connectivity index (χ1) is 13.5. The summed E-state index contributed by atoms with van der Waals surface area (Å²) in [7, 11) is 1.66. The Kier molecular flexibility index (Phi) is 9.49. The van der Waals surface area contributed by atoms with E-state index in [2.05, 4.69) is 32.9 Å². The summed E-state index contributed by atoms with van der Waals surface area (Å²) in [6, 6.07) is 0. The van der Waals surface area contributed by atoms with Gasteiger partial charge in [0.05, 0.1) is 18.1 Å². The molecule has 28 heavy (non-hydrogen) atoms. The summed E-state index contributed by atoms with van der Waals surface area (Å²) in [5.74, 6) is 1.23. The number of hydrogen-bond donors (Lipinski definition) is 0. The van der Waals surface area contributed by atoms with Crippen molar-refractivity contribution in [3.8, 4) is 0 Å². The third-order valence-electron chi connectivity index (χ3n) is 7.14. The molecule has 0 N–H and O–H groups in total. The lowest BCUT2D eigenvalue weighted by atomic mass is 9.53. The summed E-state index contributed by atoms with van der Waals surface area (Å²) in [6.45, 7) is 9.40. The number of rotatable bonds is 11. The molecule has 0 aromatic heterocycles. The molecule has 0 aromatic carbocycles. The smallest absolute Gasteiger partial charge is 0.312 e. The maximum Gasteiger partial charge on any atom is 0.312 e. The van der Waals surface area contributed by atoms with Crippen molar-refractivity contribution in [2.75, 3.05) is 20.5 Å². The molecule has 2 rings (SSSR count). The minimum absolute atomic E-state index is 0.0212. The Hall–Kier alpha value is -0.870. The number of hydrogen-bond acceptors (Lipinski definition) is 4. The first kappa shape index (κ1) is 23.4. The van der Waals surface area contributed by atoms with Crippen LogP contribution in [0.25, 0.3) is 0 Å². The summed E-state index contributed by atoms with van der Waals surface area (Å²) >= 11 is 0. The molecule has 1 fully saturated rings. The van der Waals surface area contributed by atoms with E-state index in [-0.39, 0.29) is 29.8 Å². The van der Waals surface area contributed by atoms with Gasteiger partial charge >= 0.3 is 5.97 Å². The summed E-state index contributed by atoms with van der Waals surface area (Å²) in [5.41, 5.74) is -0.477. The molecule has 0 bridgehead atoms. The number of fused-ring (bicyclic) bond motifs is 1. The predicted octanol–water partition coefficient (Wildman–Crippen LogP) is 5.75. The van der Waals surface area contributed by atoms with E-state index in [1.807, 2.05) is 6.92 Å². The highest BCUT2D eigenvalue weighted by Gasteiger charge is 2.55. The first-order valence-corrected chi connectivity index (χ1v) is 11.5. The molecule has 0 unspecified atom stereocenters. The van der Waals surface area contributed by atoms with Gasteiger partial charge < -0.3 is 14.2 Å². The molecule has 2 aliphatic rings. The third-order valence-corrected chi connectivity index (χ3v) is 7.14. The summed E-state index contributed by atoms with van der Waals surface area (Å²) < 4.78 is 16.8. The van der Waals surface area contributed by atoms with Gasteiger partial charge in [0.1, 0.15) is 6.79 Å². The highest BCUT2D eigenvalue weighted by Crippen LogP contribution is 2.54. The van der Waals surface area contributed by atoms with E-state index in [4.69, 9.17) is 14.2 Å². The van der Waals surface area contributed by atoms with Crippen molar-refractivity contribution in [2.24, 2.45) is 29.1 Å². The average molecular weight is 395 g/mol. The van der Waals surface area contributed by atoms with Crippen LogP contribution >= 0.6 is 0 Å². The first-order valence-electron chi connectivity index (χ1n) is 11.5. The Morgan fingerprint density at radius 2 is 1.96 bits per heavy atom. The van der Waals surface area contributed by atoms with Gasteiger partial charge in [0, 0.05) is 13.0 Å². The predicted molar refractivity (Wildman–Crippen MR) is 113 cm³/mol. The van der Waals surface area contributed by atoms with E-state index in [0.29, 0.717) is 19.3 Å². The van der Waals surface area contributed by atoms with Crippen molar-refractivity contribution in [3.63, 3.8) is 0 Å². The molecule has 0 saturated heterocycles. The van der Waals surface area contributed by atoms with Crippen LogP contribution < -0.4 is 0 Å². The van der Waals surface area contributed by atoms with Crippen LogP contribution in [0.3, 0.4) is 0 Å². The molecule has 4 heteroatoms. The molecule has 0 heterocycles. The maximum atomic E-state index is 13.3. The molecular weight excluding hydrogens is 352 g/mol. The van der Waals surface area contributed by atoms with Crippen LogP contribution in [0.2, 0.25) is 0 Å².